The molecule has 104 valence electrons. The zero-order valence-electron chi connectivity index (χ0n) is 11.2. The summed E-state index contributed by atoms with van der Waals surface area (Å²) in [5.74, 6) is -0.519. The van der Waals surface area contributed by atoms with Crippen LogP contribution >= 0.6 is 0 Å². The number of nitrogens with zero attached hydrogens (tertiary/aromatic N) is 1. The number of imide groups is 1. The first-order valence-electron chi connectivity index (χ1n) is 6.95. The monoisotopic (exact) mass is 271 g/mol. The van der Waals surface area contributed by atoms with Crippen molar-refractivity contribution >= 4 is 11.8 Å². The van der Waals surface area contributed by atoms with Crippen LogP contribution in [0.5, 0.6) is 0 Å². The molecule has 3 rings (SSSR count). The van der Waals surface area contributed by atoms with Gasteiger partial charge in [-0.15, -0.1) is 0 Å². The van der Waals surface area contributed by atoms with Crippen LogP contribution in [0.15, 0.2) is 42.5 Å². The summed E-state index contributed by atoms with van der Waals surface area (Å²) in [5, 5.41) is 0. The normalized spacial score (nSPS) is 20.9. The second-order valence-electron chi connectivity index (χ2n) is 5.27. The van der Waals surface area contributed by atoms with Gasteiger partial charge in [-0.2, -0.15) is 0 Å². The maximum atomic E-state index is 11.9. The van der Waals surface area contributed by atoms with Gasteiger partial charge in [-0.25, -0.2) is 4.90 Å². The fourth-order valence-corrected chi connectivity index (χ4v) is 2.95. The highest BCUT2D eigenvalue weighted by Crippen LogP contribution is 2.38. The predicted octanol–water partition coefficient (Wildman–Crippen LogP) is 2.40. The van der Waals surface area contributed by atoms with E-state index < -0.39 is 5.72 Å². The summed E-state index contributed by atoms with van der Waals surface area (Å²) in [6.45, 7) is 0.415. The van der Waals surface area contributed by atoms with Crippen molar-refractivity contribution in [3.8, 4) is 0 Å². The summed E-state index contributed by atoms with van der Waals surface area (Å²) < 4.78 is 6.05. The molecule has 0 atom stereocenters. The van der Waals surface area contributed by atoms with Crippen LogP contribution in [-0.2, 0) is 20.9 Å². The Labute approximate surface area is 118 Å². The van der Waals surface area contributed by atoms with E-state index in [0.29, 0.717) is 6.61 Å². The number of amides is 2. The van der Waals surface area contributed by atoms with Crippen molar-refractivity contribution in [1.82, 2.24) is 4.90 Å². The number of carbonyl (C=O) groups is 2. The maximum Gasteiger partial charge on any atom is 0.255 e. The van der Waals surface area contributed by atoms with Crippen molar-refractivity contribution in [2.45, 2.75) is 38.0 Å². The molecular weight excluding hydrogens is 254 g/mol. The number of rotatable bonds is 4. The van der Waals surface area contributed by atoms with Gasteiger partial charge in [-0.1, -0.05) is 30.3 Å². The zero-order valence-corrected chi connectivity index (χ0v) is 11.2. The molecule has 1 fully saturated rings. The molecule has 1 aromatic carbocycles. The summed E-state index contributed by atoms with van der Waals surface area (Å²) in [4.78, 5) is 25.1. The van der Waals surface area contributed by atoms with E-state index in [9.17, 15) is 9.59 Å². The third-order valence-corrected chi connectivity index (χ3v) is 3.95. The minimum absolute atomic E-state index is 0.259. The molecule has 2 aliphatic rings. The molecule has 1 saturated carbocycles. The first-order chi connectivity index (χ1) is 9.71. The Hall–Kier alpha value is -1.94. The zero-order chi connectivity index (χ0) is 14.0. The third kappa shape index (κ3) is 2.27. The van der Waals surface area contributed by atoms with E-state index in [1.165, 1.54) is 17.1 Å². The van der Waals surface area contributed by atoms with E-state index in [4.69, 9.17) is 4.74 Å². The van der Waals surface area contributed by atoms with Gasteiger partial charge in [-0.3, -0.25) is 9.59 Å². The summed E-state index contributed by atoms with van der Waals surface area (Å²) in [5.41, 5.74) is 0.291. The smallest absolute Gasteiger partial charge is 0.255 e. The fourth-order valence-electron chi connectivity index (χ4n) is 2.95. The van der Waals surface area contributed by atoms with Gasteiger partial charge in [0.1, 0.15) is 0 Å². The Kier molecular flexibility index (Phi) is 3.40. The van der Waals surface area contributed by atoms with Gasteiger partial charge in [0.15, 0.2) is 5.72 Å². The molecule has 0 saturated heterocycles. The summed E-state index contributed by atoms with van der Waals surface area (Å²) in [7, 11) is 0. The SMILES string of the molecule is O=C1C=CC(=O)N1C1(OCc2ccccc2)CCCC1. The molecule has 1 aliphatic carbocycles. The van der Waals surface area contributed by atoms with Crippen LogP contribution in [0.1, 0.15) is 31.2 Å². The van der Waals surface area contributed by atoms with Gasteiger partial charge in [-0.05, 0) is 31.2 Å². The Bertz CT molecular complexity index is 526. The summed E-state index contributed by atoms with van der Waals surface area (Å²) in [6.07, 6.45) is 6.05. The number of carbonyl (C=O) groups excluding carboxylic acids is 2. The van der Waals surface area contributed by atoms with Crippen LogP contribution in [-0.4, -0.2) is 22.4 Å². The predicted molar refractivity (Wildman–Crippen MR) is 73.4 cm³/mol. The molecule has 0 bridgehead atoms. The molecule has 0 radical (unpaired) electrons. The van der Waals surface area contributed by atoms with Gasteiger partial charge in [0, 0.05) is 12.2 Å². The molecule has 4 heteroatoms. The molecule has 4 nitrogen and oxygen atoms in total. The van der Waals surface area contributed by atoms with Crippen LogP contribution in [0.4, 0.5) is 0 Å². The molecule has 0 aromatic heterocycles. The Morgan fingerprint density at radius 3 is 2.20 bits per heavy atom. The van der Waals surface area contributed by atoms with Crippen molar-refractivity contribution in [3.05, 3.63) is 48.0 Å². The molecule has 0 N–H and O–H groups in total. The molecule has 20 heavy (non-hydrogen) atoms. The number of hydrogen-bond acceptors (Lipinski definition) is 3. The minimum atomic E-state index is -0.756. The number of benzene rings is 1. The van der Waals surface area contributed by atoms with Gasteiger partial charge >= 0.3 is 0 Å². The topological polar surface area (TPSA) is 46.6 Å². The largest absolute Gasteiger partial charge is 0.350 e. The van der Waals surface area contributed by atoms with Crippen LogP contribution in [0.3, 0.4) is 0 Å². The minimum Gasteiger partial charge on any atom is -0.350 e. The van der Waals surface area contributed by atoms with E-state index in [0.717, 1.165) is 31.2 Å². The number of hydrogen-bond donors (Lipinski definition) is 0. The molecular formula is C16H17NO3. The van der Waals surface area contributed by atoms with Gasteiger partial charge in [0.05, 0.1) is 6.61 Å². The molecule has 0 spiro atoms. The number of ether oxygens (including phenoxy) is 1. The van der Waals surface area contributed by atoms with Crippen LogP contribution in [0.25, 0.3) is 0 Å². The van der Waals surface area contributed by atoms with E-state index in [-0.39, 0.29) is 11.8 Å². The second kappa shape index (κ2) is 5.21. The van der Waals surface area contributed by atoms with Crippen molar-refractivity contribution in [2.75, 3.05) is 0 Å². The highest BCUT2D eigenvalue weighted by Gasteiger charge is 2.47. The van der Waals surface area contributed by atoms with Gasteiger partial charge < -0.3 is 4.74 Å². The molecule has 1 heterocycles. The van der Waals surface area contributed by atoms with E-state index in [2.05, 4.69) is 0 Å². The maximum absolute atomic E-state index is 11.9. The molecule has 1 aromatic rings. The lowest BCUT2D eigenvalue weighted by atomic mass is 10.1. The lowest BCUT2D eigenvalue weighted by Gasteiger charge is -2.37. The highest BCUT2D eigenvalue weighted by molar-refractivity contribution is 6.13. The van der Waals surface area contributed by atoms with Crippen molar-refractivity contribution in [3.63, 3.8) is 0 Å². The van der Waals surface area contributed by atoms with E-state index in [1.807, 2.05) is 30.3 Å². The van der Waals surface area contributed by atoms with Crippen molar-refractivity contribution < 1.29 is 14.3 Å². The van der Waals surface area contributed by atoms with Crippen LogP contribution < -0.4 is 0 Å². The van der Waals surface area contributed by atoms with Crippen LogP contribution in [0.2, 0.25) is 0 Å². The van der Waals surface area contributed by atoms with Crippen molar-refractivity contribution in [1.29, 1.82) is 0 Å². The summed E-state index contributed by atoms with van der Waals surface area (Å²) in [6, 6.07) is 9.82. The molecule has 1 aliphatic heterocycles. The van der Waals surface area contributed by atoms with E-state index in [1.54, 1.807) is 0 Å². The van der Waals surface area contributed by atoms with Gasteiger partial charge in [0.2, 0.25) is 0 Å². The van der Waals surface area contributed by atoms with Crippen LogP contribution in [0, 0.1) is 0 Å². The lowest BCUT2D eigenvalue weighted by molar-refractivity contribution is -0.180. The Morgan fingerprint density at radius 1 is 1.00 bits per heavy atom. The Balaban J connectivity index is 1.78. The average molecular weight is 271 g/mol. The molecule has 0 unspecified atom stereocenters. The fraction of sp³-hybridized carbons (Fsp3) is 0.375. The lowest BCUT2D eigenvalue weighted by Crippen LogP contribution is -2.52. The third-order valence-electron chi connectivity index (χ3n) is 3.95. The van der Waals surface area contributed by atoms with E-state index >= 15 is 0 Å². The highest BCUT2D eigenvalue weighted by atomic mass is 16.5. The summed E-state index contributed by atoms with van der Waals surface area (Å²) >= 11 is 0. The van der Waals surface area contributed by atoms with Gasteiger partial charge in [0.25, 0.3) is 11.8 Å². The van der Waals surface area contributed by atoms with Crippen molar-refractivity contribution in [2.24, 2.45) is 0 Å². The average Bonchev–Trinajstić information content (AvgIpc) is 3.06. The first kappa shape index (κ1) is 13.1. The second-order valence-corrected chi connectivity index (χ2v) is 5.27. The quantitative estimate of drug-likeness (QED) is 0.790. The Morgan fingerprint density at radius 2 is 1.60 bits per heavy atom. The first-order valence-corrected chi connectivity index (χ1v) is 6.95. The molecule has 2 amide bonds. The standard InChI is InChI=1S/C16H17NO3/c18-14-8-9-15(19)17(14)16(10-4-5-11-16)20-12-13-6-2-1-3-7-13/h1-3,6-9H,4-5,10-12H2.